The van der Waals surface area contributed by atoms with E-state index >= 15 is 0 Å². The number of carbonyl (C=O) groups is 3. The lowest BCUT2D eigenvalue weighted by atomic mass is 9.91. The van der Waals surface area contributed by atoms with Crippen molar-refractivity contribution in [1.29, 1.82) is 0 Å². The molecule has 180 valence electrons. The average Bonchev–Trinajstić information content (AvgIpc) is 2.55. The highest BCUT2D eigenvalue weighted by Gasteiger charge is 2.53. The Morgan fingerprint density at radius 1 is 1.06 bits per heavy atom. The first-order valence-corrected chi connectivity index (χ1v) is 11.5. The van der Waals surface area contributed by atoms with Crippen molar-refractivity contribution in [3.63, 3.8) is 0 Å². The molecule has 10 nitrogen and oxygen atoms in total. The minimum Gasteiger partial charge on any atom is -0.465 e. The molecule has 1 fully saturated rings. The fourth-order valence-electron chi connectivity index (χ4n) is 2.53. The Labute approximate surface area is 185 Å². The van der Waals surface area contributed by atoms with Crippen LogP contribution in [0.25, 0.3) is 0 Å². The molecule has 0 aromatic rings. The number of hydrogen-bond donors (Lipinski definition) is 1. The van der Waals surface area contributed by atoms with Gasteiger partial charge in [0.1, 0.15) is 11.6 Å². The Morgan fingerprint density at radius 3 is 2.06 bits per heavy atom. The Bertz CT molecular complexity index is 793. The molecular formula is C20H36N2O8S. The Kier molecular flexibility index (Phi) is 8.16. The minimum atomic E-state index is -4.34. The predicted molar refractivity (Wildman–Crippen MR) is 113 cm³/mol. The Morgan fingerprint density at radius 2 is 1.61 bits per heavy atom. The van der Waals surface area contributed by atoms with Crippen molar-refractivity contribution < 1.29 is 36.5 Å². The lowest BCUT2D eigenvalue weighted by Crippen LogP contribution is -2.71. The Hall–Kier alpha value is -1.88. The monoisotopic (exact) mass is 464 g/mol. The molecule has 2 atom stereocenters. The molecule has 0 unspecified atom stereocenters. The maximum absolute atomic E-state index is 12.5. The van der Waals surface area contributed by atoms with Crippen molar-refractivity contribution in [2.24, 2.45) is 10.8 Å². The second-order valence-corrected chi connectivity index (χ2v) is 12.0. The van der Waals surface area contributed by atoms with Crippen LogP contribution in [0, 0.1) is 10.8 Å². The van der Waals surface area contributed by atoms with E-state index in [9.17, 15) is 22.8 Å². The molecule has 31 heavy (non-hydrogen) atoms. The van der Waals surface area contributed by atoms with E-state index in [1.165, 1.54) is 6.92 Å². The first-order valence-electron chi connectivity index (χ1n) is 10.2. The first kappa shape index (κ1) is 27.2. The highest BCUT2D eigenvalue weighted by atomic mass is 32.2. The summed E-state index contributed by atoms with van der Waals surface area (Å²) in [6.07, 6.45) is -0.432. The number of ether oxygens (including phenoxy) is 2. The highest BCUT2D eigenvalue weighted by molar-refractivity contribution is 7.85. The molecule has 11 heteroatoms. The van der Waals surface area contributed by atoms with Gasteiger partial charge in [-0.25, -0.2) is 9.10 Å². The van der Waals surface area contributed by atoms with Gasteiger partial charge in [-0.05, 0) is 60.3 Å². The molecule has 1 saturated heterocycles. The number of rotatable bonds is 8. The summed E-state index contributed by atoms with van der Waals surface area (Å²) >= 11 is 0. The van der Waals surface area contributed by atoms with E-state index in [4.69, 9.17) is 13.7 Å². The standard InChI is InChI=1S/C20H36N2O8S/c1-13-14(21-17(25)30-19(5,6)7)15(23)22(13)31(26,27)29-12-20(8,9)10-11-28-16(24)18(2,3)4/h13-14H,10-12H2,1-9H3,(H,21,25)/t13-,14-/m0/s1. The fraction of sp³-hybridized carbons (Fsp3) is 0.850. The zero-order chi connectivity index (χ0) is 24.4. The minimum absolute atomic E-state index is 0.118. The Balaban J connectivity index is 2.60. The van der Waals surface area contributed by atoms with Gasteiger partial charge in [0.25, 0.3) is 5.91 Å². The molecule has 0 aromatic carbocycles. The molecule has 0 aromatic heterocycles. The largest absolute Gasteiger partial charge is 0.465 e. The smallest absolute Gasteiger partial charge is 0.408 e. The van der Waals surface area contributed by atoms with E-state index in [1.807, 2.05) is 0 Å². The van der Waals surface area contributed by atoms with Gasteiger partial charge in [-0.15, -0.1) is 0 Å². The molecule has 0 saturated carbocycles. The third kappa shape index (κ3) is 7.95. The number of nitrogens with zero attached hydrogens (tertiary/aromatic N) is 1. The summed E-state index contributed by atoms with van der Waals surface area (Å²) in [4.78, 5) is 36.0. The first-order chi connectivity index (χ1) is 13.8. The fourth-order valence-corrected chi connectivity index (χ4v) is 3.97. The van der Waals surface area contributed by atoms with Crippen LogP contribution < -0.4 is 5.32 Å². The van der Waals surface area contributed by atoms with E-state index in [0.29, 0.717) is 10.7 Å². The van der Waals surface area contributed by atoms with Gasteiger partial charge in [-0.2, -0.15) is 8.42 Å². The lowest BCUT2D eigenvalue weighted by Gasteiger charge is -2.43. The molecule has 0 aliphatic carbocycles. The van der Waals surface area contributed by atoms with Gasteiger partial charge in [0.15, 0.2) is 0 Å². The quantitative estimate of drug-likeness (QED) is 0.428. The molecule has 2 amide bonds. The number of carbonyl (C=O) groups excluding carboxylic acids is 3. The second-order valence-electron chi connectivity index (χ2n) is 10.5. The number of nitrogens with one attached hydrogen (secondary N) is 1. The summed E-state index contributed by atoms with van der Waals surface area (Å²) in [5, 5.41) is 2.38. The third-order valence-electron chi connectivity index (χ3n) is 4.47. The van der Waals surface area contributed by atoms with Crippen LogP contribution in [0.2, 0.25) is 0 Å². The molecule has 1 N–H and O–H groups in total. The molecule has 1 aliphatic rings. The molecule has 1 rings (SSSR count). The second kappa shape index (κ2) is 9.32. The van der Waals surface area contributed by atoms with Crippen LogP contribution in [0.4, 0.5) is 4.79 Å². The van der Waals surface area contributed by atoms with E-state index < -0.39 is 50.8 Å². The van der Waals surface area contributed by atoms with Crippen molar-refractivity contribution in [3.05, 3.63) is 0 Å². The average molecular weight is 465 g/mol. The van der Waals surface area contributed by atoms with Gasteiger partial charge < -0.3 is 14.8 Å². The third-order valence-corrected chi connectivity index (χ3v) is 5.88. The van der Waals surface area contributed by atoms with Crippen molar-refractivity contribution >= 4 is 28.3 Å². The SMILES string of the molecule is C[C@H]1[C@H](NC(=O)OC(C)(C)C)C(=O)N1S(=O)(=O)OCC(C)(C)CCOC(=O)C(C)(C)C. The molecule has 0 bridgehead atoms. The van der Waals surface area contributed by atoms with Gasteiger partial charge in [-0.3, -0.25) is 13.8 Å². The maximum atomic E-state index is 12.5. The van der Waals surface area contributed by atoms with Crippen LogP contribution in [0.5, 0.6) is 0 Å². The van der Waals surface area contributed by atoms with Crippen LogP contribution in [0.1, 0.15) is 68.7 Å². The number of amides is 2. The molecular weight excluding hydrogens is 428 g/mol. The van der Waals surface area contributed by atoms with Gasteiger partial charge >= 0.3 is 22.4 Å². The molecule has 1 heterocycles. The van der Waals surface area contributed by atoms with Crippen LogP contribution in [0.3, 0.4) is 0 Å². The van der Waals surface area contributed by atoms with Gasteiger partial charge in [-0.1, -0.05) is 13.8 Å². The van der Waals surface area contributed by atoms with Crippen LogP contribution in [-0.2, 0) is 33.6 Å². The van der Waals surface area contributed by atoms with Crippen molar-refractivity contribution in [1.82, 2.24) is 9.62 Å². The van der Waals surface area contributed by atoms with Crippen molar-refractivity contribution in [2.75, 3.05) is 13.2 Å². The lowest BCUT2D eigenvalue weighted by molar-refractivity contribution is -0.153. The van der Waals surface area contributed by atoms with Gasteiger partial charge in [0.05, 0.1) is 24.7 Å². The van der Waals surface area contributed by atoms with Crippen LogP contribution in [0.15, 0.2) is 0 Å². The summed E-state index contributed by atoms with van der Waals surface area (Å²) in [5.41, 5.74) is -2.00. The number of hydrogen-bond acceptors (Lipinski definition) is 8. The summed E-state index contributed by atoms with van der Waals surface area (Å²) in [5.74, 6) is -1.14. The normalized spacial score (nSPS) is 20.2. The zero-order valence-corrected chi connectivity index (χ0v) is 20.7. The van der Waals surface area contributed by atoms with Gasteiger partial charge in [0.2, 0.25) is 0 Å². The molecule has 1 aliphatic heterocycles. The zero-order valence-electron chi connectivity index (χ0n) is 19.9. The van der Waals surface area contributed by atoms with E-state index in [1.54, 1.807) is 55.4 Å². The highest BCUT2D eigenvalue weighted by Crippen LogP contribution is 2.28. The van der Waals surface area contributed by atoms with E-state index in [2.05, 4.69) is 5.32 Å². The topological polar surface area (TPSA) is 128 Å². The molecule has 0 spiro atoms. The summed E-state index contributed by atoms with van der Waals surface area (Å²) < 4.78 is 41.0. The number of alkyl carbamates (subject to hydrolysis) is 1. The number of β-lactam (4-membered cyclic amide) rings is 1. The summed E-state index contributed by atoms with van der Waals surface area (Å²) in [6, 6.07) is -1.83. The van der Waals surface area contributed by atoms with Crippen molar-refractivity contribution in [2.45, 2.75) is 86.4 Å². The van der Waals surface area contributed by atoms with E-state index in [-0.39, 0.29) is 19.2 Å². The van der Waals surface area contributed by atoms with Crippen molar-refractivity contribution in [3.8, 4) is 0 Å². The van der Waals surface area contributed by atoms with Gasteiger partial charge in [0, 0.05) is 0 Å². The van der Waals surface area contributed by atoms with Crippen LogP contribution in [-0.4, -0.2) is 61.6 Å². The maximum Gasteiger partial charge on any atom is 0.408 e. The number of esters is 1. The van der Waals surface area contributed by atoms with Crippen LogP contribution >= 0.6 is 0 Å². The summed E-state index contributed by atoms with van der Waals surface area (Å²) in [7, 11) is -4.34. The predicted octanol–water partition coefficient (Wildman–Crippen LogP) is 2.38. The summed E-state index contributed by atoms with van der Waals surface area (Å²) in [6.45, 7) is 15.2. The van der Waals surface area contributed by atoms with E-state index in [0.717, 1.165) is 0 Å². The molecule has 0 radical (unpaired) electrons.